The highest BCUT2D eigenvalue weighted by Crippen LogP contribution is 2.58. The van der Waals surface area contributed by atoms with Crippen LogP contribution in [0.2, 0.25) is 10.0 Å². The Morgan fingerprint density at radius 2 is 1.57 bits per heavy atom. The van der Waals surface area contributed by atoms with Crippen LogP contribution in [0.25, 0.3) is 0 Å². The standard InChI is InChI=1S/C23H18Cl2N2O/c24-19-12-11-16(21(25)13-19)15-26-27-22(28)20-14-23(20,17-7-3-1-4-8-17)18-9-5-2-6-10-18/h1-13,15,20H,14H2,(H,27,28)/b26-15-/t20-/m0/s1. The zero-order valence-electron chi connectivity index (χ0n) is 15.0. The fraction of sp³-hybridized carbons (Fsp3) is 0.130. The first-order chi connectivity index (χ1) is 13.6. The lowest BCUT2D eigenvalue weighted by Crippen LogP contribution is -2.25. The largest absolute Gasteiger partial charge is 0.273 e. The predicted molar refractivity (Wildman–Crippen MR) is 114 cm³/mol. The molecule has 1 atom stereocenters. The van der Waals surface area contributed by atoms with E-state index in [0.29, 0.717) is 15.6 Å². The van der Waals surface area contributed by atoms with Gasteiger partial charge >= 0.3 is 0 Å². The fourth-order valence-corrected chi connectivity index (χ4v) is 4.16. The normalized spacial score (nSPS) is 17.4. The summed E-state index contributed by atoms with van der Waals surface area (Å²) < 4.78 is 0. The third-order valence-electron chi connectivity index (χ3n) is 5.20. The number of halogens is 2. The molecule has 3 aromatic rings. The van der Waals surface area contributed by atoms with Crippen molar-refractivity contribution in [3.63, 3.8) is 0 Å². The van der Waals surface area contributed by atoms with Gasteiger partial charge in [-0.25, -0.2) is 5.43 Å². The number of amides is 1. The van der Waals surface area contributed by atoms with Gasteiger partial charge < -0.3 is 0 Å². The molecule has 4 rings (SSSR count). The maximum Gasteiger partial charge on any atom is 0.244 e. The van der Waals surface area contributed by atoms with Crippen LogP contribution >= 0.6 is 23.2 Å². The van der Waals surface area contributed by atoms with E-state index in [4.69, 9.17) is 23.2 Å². The van der Waals surface area contributed by atoms with E-state index in [1.54, 1.807) is 18.2 Å². The number of nitrogens with one attached hydrogen (secondary N) is 1. The van der Waals surface area contributed by atoms with E-state index in [2.05, 4.69) is 34.8 Å². The molecule has 0 bridgehead atoms. The van der Waals surface area contributed by atoms with E-state index >= 15 is 0 Å². The molecule has 3 nitrogen and oxygen atoms in total. The number of rotatable bonds is 5. The zero-order chi connectivity index (χ0) is 19.6. The molecule has 3 aromatic carbocycles. The minimum Gasteiger partial charge on any atom is -0.273 e. The van der Waals surface area contributed by atoms with E-state index in [0.717, 1.165) is 17.5 Å². The number of carbonyl (C=O) groups excluding carboxylic acids is 1. The number of nitrogens with zero attached hydrogens (tertiary/aromatic N) is 1. The van der Waals surface area contributed by atoms with Crippen LogP contribution in [0.4, 0.5) is 0 Å². The minimum absolute atomic E-state index is 0.103. The average Bonchev–Trinajstić information content (AvgIpc) is 3.48. The van der Waals surface area contributed by atoms with Crippen molar-refractivity contribution in [2.24, 2.45) is 11.0 Å². The molecule has 0 saturated heterocycles. The lowest BCUT2D eigenvalue weighted by Gasteiger charge is -2.18. The number of hydrazone groups is 1. The summed E-state index contributed by atoms with van der Waals surface area (Å²) in [5, 5.41) is 5.14. The highest BCUT2D eigenvalue weighted by molar-refractivity contribution is 6.36. The van der Waals surface area contributed by atoms with Gasteiger partial charge in [-0.1, -0.05) is 89.9 Å². The van der Waals surface area contributed by atoms with Gasteiger partial charge in [0, 0.05) is 16.0 Å². The summed E-state index contributed by atoms with van der Waals surface area (Å²) in [5.74, 6) is -0.274. The Kier molecular flexibility index (Phi) is 5.21. The molecular formula is C23H18Cl2N2O. The molecule has 0 unspecified atom stereocenters. The van der Waals surface area contributed by atoms with Crippen LogP contribution in [-0.2, 0) is 10.2 Å². The van der Waals surface area contributed by atoms with Crippen LogP contribution in [0.1, 0.15) is 23.1 Å². The van der Waals surface area contributed by atoms with Crippen molar-refractivity contribution < 1.29 is 4.79 Å². The second kappa shape index (κ2) is 7.78. The van der Waals surface area contributed by atoms with Gasteiger partial charge in [-0.15, -0.1) is 0 Å². The zero-order valence-corrected chi connectivity index (χ0v) is 16.5. The van der Waals surface area contributed by atoms with Gasteiger partial charge in [0.25, 0.3) is 0 Å². The van der Waals surface area contributed by atoms with Crippen molar-refractivity contribution in [2.75, 3.05) is 0 Å². The molecule has 0 heterocycles. The molecule has 140 valence electrons. The molecule has 28 heavy (non-hydrogen) atoms. The van der Waals surface area contributed by atoms with Gasteiger partial charge in [0.2, 0.25) is 5.91 Å². The van der Waals surface area contributed by atoms with Crippen molar-refractivity contribution in [1.29, 1.82) is 0 Å². The lowest BCUT2D eigenvalue weighted by molar-refractivity contribution is -0.122. The average molecular weight is 409 g/mol. The number of carbonyl (C=O) groups is 1. The molecule has 1 amide bonds. The molecule has 1 N–H and O–H groups in total. The minimum atomic E-state index is -0.306. The van der Waals surface area contributed by atoms with Crippen molar-refractivity contribution in [1.82, 2.24) is 5.43 Å². The predicted octanol–water partition coefficient (Wildman–Crippen LogP) is 5.45. The van der Waals surface area contributed by atoms with E-state index in [1.807, 2.05) is 36.4 Å². The van der Waals surface area contributed by atoms with Crippen molar-refractivity contribution in [3.05, 3.63) is 106 Å². The van der Waals surface area contributed by atoms with Gasteiger partial charge in [0.1, 0.15) is 0 Å². The van der Waals surface area contributed by atoms with Gasteiger partial charge in [0.15, 0.2) is 0 Å². The Hall–Kier alpha value is -2.62. The third-order valence-corrected chi connectivity index (χ3v) is 5.76. The van der Waals surface area contributed by atoms with Crippen molar-refractivity contribution in [3.8, 4) is 0 Å². The van der Waals surface area contributed by atoms with Gasteiger partial charge in [-0.2, -0.15) is 5.10 Å². The third kappa shape index (κ3) is 3.56. The monoisotopic (exact) mass is 408 g/mol. The summed E-state index contributed by atoms with van der Waals surface area (Å²) in [6.45, 7) is 0. The molecule has 1 fully saturated rings. The van der Waals surface area contributed by atoms with E-state index in [-0.39, 0.29) is 17.2 Å². The summed E-state index contributed by atoms with van der Waals surface area (Å²) in [6.07, 6.45) is 2.29. The maximum atomic E-state index is 12.8. The second-order valence-corrected chi connectivity index (χ2v) is 7.70. The number of hydrogen-bond acceptors (Lipinski definition) is 2. The number of benzene rings is 3. The van der Waals surface area contributed by atoms with Crippen LogP contribution < -0.4 is 5.43 Å². The molecule has 5 heteroatoms. The quantitative estimate of drug-likeness (QED) is 0.442. The highest BCUT2D eigenvalue weighted by Gasteiger charge is 2.60. The molecule has 0 spiro atoms. The SMILES string of the molecule is O=C(N/N=C\c1ccc(Cl)cc1Cl)[C@@H]1CC1(c1ccccc1)c1ccccc1. The smallest absolute Gasteiger partial charge is 0.244 e. The van der Waals surface area contributed by atoms with Crippen LogP contribution in [0.5, 0.6) is 0 Å². The Labute approximate surface area is 174 Å². The molecular weight excluding hydrogens is 391 g/mol. The summed E-state index contributed by atoms with van der Waals surface area (Å²) in [6, 6.07) is 25.5. The van der Waals surface area contributed by atoms with Crippen LogP contribution in [0, 0.1) is 5.92 Å². The van der Waals surface area contributed by atoms with Crippen LogP contribution in [0.15, 0.2) is 84.0 Å². The molecule has 0 radical (unpaired) electrons. The molecule has 1 saturated carbocycles. The Morgan fingerprint density at radius 1 is 0.964 bits per heavy atom. The summed E-state index contributed by atoms with van der Waals surface area (Å²) >= 11 is 12.0. The first kappa shape index (κ1) is 18.7. The Morgan fingerprint density at radius 3 is 2.14 bits per heavy atom. The van der Waals surface area contributed by atoms with Gasteiger partial charge in [-0.3, -0.25) is 4.79 Å². The van der Waals surface area contributed by atoms with Gasteiger partial charge in [0.05, 0.1) is 17.2 Å². The molecule has 1 aliphatic rings. The molecule has 0 aliphatic heterocycles. The lowest BCUT2D eigenvalue weighted by atomic mass is 9.85. The summed E-state index contributed by atoms with van der Waals surface area (Å²) in [5.41, 5.74) is 5.35. The first-order valence-corrected chi connectivity index (χ1v) is 9.76. The van der Waals surface area contributed by atoms with Crippen LogP contribution in [-0.4, -0.2) is 12.1 Å². The first-order valence-electron chi connectivity index (χ1n) is 9.00. The van der Waals surface area contributed by atoms with Crippen molar-refractivity contribution in [2.45, 2.75) is 11.8 Å². The number of hydrogen-bond donors (Lipinski definition) is 1. The topological polar surface area (TPSA) is 41.5 Å². The van der Waals surface area contributed by atoms with Gasteiger partial charge in [-0.05, 0) is 29.7 Å². The molecule has 0 aromatic heterocycles. The molecule has 1 aliphatic carbocycles. The summed E-state index contributed by atoms with van der Waals surface area (Å²) in [4.78, 5) is 12.8. The second-order valence-electron chi connectivity index (χ2n) is 6.86. The van der Waals surface area contributed by atoms with Crippen LogP contribution in [0.3, 0.4) is 0 Å². The van der Waals surface area contributed by atoms with Crippen molar-refractivity contribution >= 4 is 35.3 Å². The summed E-state index contributed by atoms with van der Waals surface area (Å²) in [7, 11) is 0. The van der Waals surface area contributed by atoms with E-state index in [1.165, 1.54) is 6.21 Å². The van der Waals surface area contributed by atoms with E-state index < -0.39 is 0 Å². The van der Waals surface area contributed by atoms with E-state index in [9.17, 15) is 4.79 Å². The Balaban J connectivity index is 1.54. The highest BCUT2D eigenvalue weighted by atomic mass is 35.5. The maximum absolute atomic E-state index is 12.8. The fourth-order valence-electron chi connectivity index (χ4n) is 3.70. The Bertz CT molecular complexity index is 980.